The van der Waals surface area contributed by atoms with Gasteiger partial charge in [-0.1, -0.05) is 11.6 Å². The topological polar surface area (TPSA) is 52.1 Å². The normalized spacial score (nSPS) is 21.1. The van der Waals surface area contributed by atoms with E-state index in [1.165, 1.54) is 0 Å². The summed E-state index contributed by atoms with van der Waals surface area (Å²) < 4.78 is 0. The number of halogens is 1. The van der Waals surface area contributed by atoms with Crippen molar-refractivity contribution in [1.82, 2.24) is 10.2 Å². The molecule has 1 fully saturated rings. The van der Waals surface area contributed by atoms with E-state index >= 15 is 0 Å². The van der Waals surface area contributed by atoms with E-state index in [1.807, 2.05) is 18.3 Å². The fourth-order valence-electron chi connectivity index (χ4n) is 2.43. The summed E-state index contributed by atoms with van der Waals surface area (Å²) in [5.41, 5.74) is 1.99. The number of aliphatic hydroxyl groups is 1. The minimum atomic E-state index is -0.246. The second-order valence-electron chi connectivity index (χ2n) is 4.50. The molecule has 0 spiro atoms. The Kier molecular flexibility index (Phi) is 2.68. The van der Waals surface area contributed by atoms with Crippen molar-refractivity contribution in [3.8, 4) is 0 Å². The molecular formula is C12H14ClN3O. The van der Waals surface area contributed by atoms with Crippen molar-refractivity contribution in [2.45, 2.75) is 18.9 Å². The molecule has 2 heterocycles. The zero-order chi connectivity index (χ0) is 11.8. The van der Waals surface area contributed by atoms with Crippen LogP contribution in [0.3, 0.4) is 0 Å². The van der Waals surface area contributed by atoms with E-state index in [0.29, 0.717) is 11.6 Å². The lowest BCUT2D eigenvalue weighted by Crippen LogP contribution is -2.38. The van der Waals surface area contributed by atoms with Crippen LogP contribution in [0.5, 0.6) is 0 Å². The Bertz CT molecular complexity index is 540. The van der Waals surface area contributed by atoms with Gasteiger partial charge >= 0.3 is 0 Å². The molecule has 1 aliphatic heterocycles. The molecule has 4 nitrogen and oxygen atoms in total. The van der Waals surface area contributed by atoms with Gasteiger partial charge in [-0.3, -0.25) is 5.10 Å². The van der Waals surface area contributed by atoms with Gasteiger partial charge in [-0.15, -0.1) is 0 Å². The number of fused-ring (bicyclic) bond motifs is 1. The highest BCUT2D eigenvalue weighted by Crippen LogP contribution is 2.31. The molecule has 1 saturated heterocycles. The van der Waals surface area contributed by atoms with Gasteiger partial charge in [-0.2, -0.15) is 5.10 Å². The number of anilines is 1. The van der Waals surface area contributed by atoms with E-state index < -0.39 is 0 Å². The minimum absolute atomic E-state index is 0.246. The van der Waals surface area contributed by atoms with Crippen LogP contribution in [0.15, 0.2) is 18.3 Å². The molecule has 1 unspecified atom stereocenters. The van der Waals surface area contributed by atoms with Crippen LogP contribution in [-0.2, 0) is 0 Å². The number of nitrogens with one attached hydrogen (secondary N) is 1. The van der Waals surface area contributed by atoms with Crippen molar-refractivity contribution in [1.29, 1.82) is 0 Å². The third-order valence-electron chi connectivity index (χ3n) is 3.24. The van der Waals surface area contributed by atoms with Crippen LogP contribution < -0.4 is 4.90 Å². The Morgan fingerprint density at radius 1 is 1.47 bits per heavy atom. The third kappa shape index (κ3) is 1.98. The summed E-state index contributed by atoms with van der Waals surface area (Å²) in [6.07, 6.45) is 3.45. The molecule has 0 saturated carbocycles. The van der Waals surface area contributed by atoms with Gasteiger partial charge in [0.1, 0.15) is 0 Å². The molecule has 3 rings (SSSR count). The van der Waals surface area contributed by atoms with Crippen LogP contribution >= 0.6 is 11.6 Å². The summed E-state index contributed by atoms with van der Waals surface area (Å²) in [5.74, 6) is 0. The van der Waals surface area contributed by atoms with Gasteiger partial charge < -0.3 is 10.0 Å². The van der Waals surface area contributed by atoms with Crippen molar-refractivity contribution in [3.05, 3.63) is 23.4 Å². The minimum Gasteiger partial charge on any atom is -0.391 e. The summed E-state index contributed by atoms with van der Waals surface area (Å²) in [5, 5.41) is 18.5. The van der Waals surface area contributed by atoms with Crippen LogP contribution in [0.2, 0.25) is 5.02 Å². The molecule has 1 aliphatic rings. The molecule has 1 atom stereocenters. The van der Waals surface area contributed by atoms with Gasteiger partial charge in [-0.05, 0) is 25.0 Å². The Morgan fingerprint density at radius 2 is 2.35 bits per heavy atom. The Hall–Kier alpha value is -1.26. The number of aromatic amines is 1. The first-order valence-corrected chi connectivity index (χ1v) is 6.17. The number of piperidine rings is 1. The van der Waals surface area contributed by atoms with Gasteiger partial charge in [-0.25, -0.2) is 0 Å². The maximum Gasteiger partial charge on any atom is 0.0715 e. The number of rotatable bonds is 1. The third-order valence-corrected chi connectivity index (χ3v) is 3.46. The molecule has 1 aromatic carbocycles. The Balaban J connectivity index is 2.06. The number of β-amino-alcohol motifs (C(OH)–C–C–N with tert-alkyl or cyclic N) is 1. The predicted molar refractivity (Wildman–Crippen MR) is 68.6 cm³/mol. The summed E-state index contributed by atoms with van der Waals surface area (Å²) >= 11 is 6.10. The van der Waals surface area contributed by atoms with Crippen LogP contribution in [0.25, 0.3) is 10.9 Å². The maximum atomic E-state index is 9.73. The fourth-order valence-corrected chi connectivity index (χ4v) is 2.65. The number of aliphatic hydroxyl groups excluding tert-OH is 1. The molecule has 0 amide bonds. The molecule has 90 valence electrons. The average Bonchev–Trinajstić information content (AvgIpc) is 2.75. The molecule has 2 aromatic rings. The van der Waals surface area contributed by atoms with Crippen molar-refractivity contribution in [2.24, 2.45) is 0 Å². The number of hydrogen-bond donors (Lipinski definition) is 2. The molecular weight excluding hydrogens is 238 g/mol. The summed E-state index contributed by atoms with van der Waals surface area (Å²) in [4.78, 5) is 2.18. The lowest BCUT2D eigenvalue weighted by atomic mass is 10.1. The SMILES string of the molecule is OC1CCCN(c2cc(Cl)cc3[nH]ncc23)C1. The second kappa shape index (κ2) is 4.20. The molecule has 2 N–H and O–H groups in total. The zero-order valence-electron chi connectivity index (χ0n) is 9.36. The number of nitrogens with zero attached hydrogens (tertiary/aromatic N) is 2. The monoisotopic (exact) mass is 251 g/mol. The van der Waals surface area contributed by atoms with Crippen molar-refractivity contribution < 1.29 is 5.11 Å². The second-order valence-corrected chi connectivity index (χ2v) is 4.93. The van der Waals surface area contributed by atoms with E-state index in [4.69, 9.17) is 11.6 Å². The van der Waals surface area contributed by atoms with E-state index in [2.05, 4.69) is 15.1 Å². The number of hydrogen-bond acceptors (Lipinski definition) is 3. The number of H-pyrrole nitrogens is 1. The zero-order valence-corrected chi connectivity index (χ0v) is 10.1. The smallest absolute Gasteiger partial charge is 0.0715 e. The molecule has 17 heavy (non-hydrogen) atoms. The first-order chi connectivity index (χ1) is 8.24. The van der Waals surface area contributed by atoms with Gasteiger partial charge in [0.2, 0.25) is 0 Å². The van der Waals surface area contributed by atoms with Gasteiger partial charge in [0.15, 0.2) is 0 Å². The molecule has 0 radical (unpaired) electrons. The largest absolute Gasteiger partial charge is 0.391 e. The van der Waals surface area contributed by atoms with Crippen LogP contribution in [0.1, 0.15) is 12.8 Å². The van der Waals surface area contributed by atoms with Crippen LogP contribution in [0, 0.1) is 0 Å². The highest BCUT2D eigenvalue weighted by Gasteiger charge is 2.20. The van der Waals surface area contributed by atoms with E-state index in [9.17, 15) is 5.11 Å². The van der Waals surface area contributed by atoms with Crippen molar-refractivity contribution in [3.63, 3.8) is 0 Å². The van der Waals surface area contributed by atoms with Crippen LogP contribution in [-0.4, -0.2) is 34.5 Å². The number of benzene rings is 1. The molecule has 1 aromatic heterocycles. The summed E-state index contributed by atoms with van der Waals surface area (Å²) in [6.45, 7) is 1.62. The summed E-state index contributed by atoms with van der Waals surface area (Å²) in [6, 6.07) is 3.81. The standard InChI is InChI=1S/C12H14ClN3O/c13-8-4-11-10(6-14-15-11)12(5-8)16-3-1-2-9(17)7-16/h4-6,9,17H,1-3,7H2,(H,14,15). The van der Waals surface area contributed by atoms with Crippen molar-refractivity contribution in [2.75, 3.05) is 18.0 Å². The maximum absolute atomic E-state index is 9.73. The fraction of sp³-hybridized carbons (Fsp3) is 0.417. The highest BCUT2D eigenvalue weighted by molar-refractivity contribution is 6.31. The van der Waals surface area contributed by atoms with Crippen molar-refractivity contribution >= 4 is 28.2 Å². The van der Waals surface area contributed by atoms with E-state index in [1.54, 1.807) is 0 Å². The molecule has 0 bridgehead atoms. The van der Waals surface area contributed by atoms with E-state index in [0.717, 1.165) is 36.0 Å². The number of aromatic nitrogens is 2. The predicted octanol–water partition coefficient (Wildman–Crippen LogP) is 2.18. The van der Waals surface area contributed by atoms with Gasteiger partial charge in [0, 0.05) is 29.2 Å². The first kappa shape index (κ1) is 10.9. The molecule has 0 aliphatic carbocycles. The van der Waals surface area contributed by atoms with E-state index in [-0.39, 0.29) is 6.10 Å². The Morgan fingerprint density at radius 3 is 3.18 bits per heavy atom. The quantitative estimate of drug-likeness (QED) is 0.817. The lowest BCUT2D eigenvalue weighted by Gasteiger charge is -2.32. The average molecular weight is 252 g/mol. The highest BCUT2D eigenvalue weighted by atomic mass is 35.5. The summed E-state index contributed by atoms with van der Waals surface area (Å²) in [7, 11) is 0. The van der Waals surface area contributed by atoms with Gasteiger partial charge in [0.25, 0.3) is 0 Å². The first-order valence-electron chi connectivity index (χ1n) is 5.79. The molecule has 5 heteroatoms. The Labute approximate surface area is 104 Å². The lowest BCUT2D eigenvalue weighted by molar-refractivity contribution is 0.154. The van der Waals surface area contributed by atoms with Crippen LogP contribution in [0.4, 0.5) is 5.69 Å². The van der Waals surface area contributed by atoms with Gasteiger partial charge in [0.05, 0.1) is 17.8 Å².